The average molecular weight is 167 g/mol. The molecule has 1 aliphatic carbocycles. The van der Waals surface area contributed by atoms with Gasteiger partial charge in [0.05, 0.1) is 0 Å². The van der Waals surface area contributed by atoms with Crippen molar-refractivity contribution in [2.75, 3.05) is 7.05 Å². The van der Waals surface area contributed by atoms with Gasteiger partial charge in [0.2, 0.25) is 0 Å². The summed E-state index contributed by atoms with van der Waals surface area (Å²) >= 11 is 0. The van der Waals surface area contributed by atoms with Crippen LogP contribution >= 0.6 is 0 Å². The van der Waals surface area contributed by atoms with E-state index in [9.17, 15) is 0 Å². The molecule has 0 bridgehead atoms. The summed E-state index contributed by atoms with van der Waals surface area (Å²) in [6.45, 7) is 6.91. The van der Waals surface area contributed by atoms with E-state index in [-0.39, 0.29) is 0 Å². The van der Waals surface area contributed by atoms with Gasteiger partial charge in [-0.1, -0.05) is 32.4 Å². The summed E-state index contributed by atoms with van der Waals surface area (Å²) in [6.07, 6.45) is 6.21. The Morgan fingerprint density at radius 3 is 2.42 bits per heavy atom. The van der Waals surface area contributed by atoms with E-state index < -0.39 is 0 Å². The number of hydrogen-bond donors (Lipinski definition) is 1. The molecule has 0 heterocycles. The maximum atomic E-state index is 3.33. The Kier molecular flexibility index (Phi) is 2.94. The second kappa shape index (κ2) is 3.61. The molecule has 1 atom stereocenters. The Morgan fingerprint density at radius 1 is 1.42 bits per heavy atom. The van der Waals surface area contributed by atoms with E-state index in [4.69, 9.17) is 0 Å². The molecule has 1 nitrogen and oxygen atoms in total. The van der Waals surface area contributed by atoms with Crippen molar-refractivity contribution >= 4 is 0 Å². The fourth-order valence-electron chi connectivity index (χ4n) is 1.78. The van der Waals surface area contributed by atoms with Crippen molar-refractivity contribution < 1.29 is 0 Å². The van der Waals surface area contributed by atoms with Crippen LogP contribution < -0.4 is 5.32 Å². The maximum Gasteiger partial charge on any atom is 0.0102 e. The summed E-state index contributed by atoms with van der Waals surface area (Å²) < 4.78 is 0. The molecule has 1 heteroatoms. The lowest BCUT2D eigenvalue weighted by atomic mass is 9.79. The fourth-order valence-corrected chi connectivity index (χ4v) is 1.78. The first-order valence-electron chi connectivity index (χ1n) is 4.91. The molecule has 0 aromatic heterocycles. The van der Waals surface area contributed by atoms with Crippen molar-refractivity contribution in [1.29, 1.82) is 0 Å². The Labute approximate surface area is 76.2 Å². The smallest absolute Gasteiger partial charge is 0.0102 e. The van der Waals surface area contributed by atoms with E-state index in [1.807, 2.05) is 0 Å². The van der Waals surface area contributed by atoms with Gasteiger partial charge >= 0.3 is 0 Å². The normalized spacial score (nSPS) is 25.3. The highest BCUT2D eigenvalue weighted by Gasteiger charge is 2.21. The molecule has 0 aromatic rings. The summed E-state index contributed by atoms with van der Waals surface area (Å²) in [5.74, 6) is 0. The molecule has 12 heavy (non-hydrogen) atoms. The van der Waals surface area contributed by atoms with Gasteiger partial charge in [0.25, 0.3) is 0 Å². The second-order valence-electron chi connectivity index (χ2n) is 4.74. The molecule has 1 rings (SSSR count). The zero-order chi connectivity index (χ0) is 9.19. The van der Waals surface area contributed by atoms with Gasteiger partial charge in [-0.05, 0) is 31.7 Å². The first kappa shape index (κ1) is 9.79. The molecule has 1 aliphatic rings. The van der Waals surface area contributed by atoms with Crippen molar-refractivity contribution in [3.05, 3.63) is 11.6 Å². The molecule has 0 radical (unpaired) electrons. The summed E-state index contributed by atoms with van der Waals surface area (Å²) in [7, 11) is 2.06. The summed E-state index contributed by atoms with van der Waals surface area (Å²) in [5.41, 5.74) is 2.02. The van der Waals surface area contributed by atoms with Crippen LogP contribution in [0, 0.1) is 5.41 Å². The molecule has 0 fully saturated rings. The lowest BCUT2D eigenvalue weighted by molar-refractivity contribution is 0.424. The van der Waals surface area contributed by atoms with Crippen LogP contribution in [0.1, 0.15) is 40.0 Å². The molecule has 0 saturated heterocycles. The standard InChI is InChI=1S/C11H21N/c1-11(2,3)9-5-7-10(12-4)8-6-9/h5,10,12H,6-8H2,1-4H3. The number of rotatable bonds is 1. The number of allylic oxidation sites excluding steroid dienone is 1. The number of nitrogens with one attached hydrogen (secondary N) is 1. The van der Waals surface area contributed by atoms with Gasteiger partial charge in [-0.3, -0.25) is 0 Å². The zero-order valence-corrected chi connectivity index (χ0v) is 8.78. The van der Waals surface area contributed by atoms with Gasteiger partial charge in [0.15, 0.2) is 0 Å². The van der Waals surface area contributed by atoms with E-state index in [1.54, 1.807) is 5.57 Å². The summed E-state index contributed by atoms with van der Waals surface area (Å²) in [6, 6.07) is 0.719. The van der Waals surface area contributed by atoms with Crippen molar-refractivity contribution in [3.8, 4) is 0 Å². The third-order valence-electron chi connectivity index (χ3n) is 2.78. The molecule has 0 amide bonds. The van der Waals surface area contributed by atoms with Gasteiger partial charge in [0.1, 0.15) is 0 Å². The Morgan fingerprint density at radius 2 is 2.08 bits per heavy atom. The van der Waals surface area contributed by atoms with Crippen molar-refractivity contribution in [2.24, 2.45) is 5.41 Å². The third-order valence-corrected chi connectivity index (χ3v) is 2.78. The predicted molar refractivity (Wildman–Crippen MR) is 54.2 cm³/mol. The minimum atomic E-state index is 0.388. The summed E-state index contributed by atoms with van der Waals surface area (Å²) in [4.78, 5) is 0. The van der Waals surface area contributed by atoms with E-state index >= 15 is 0 Å². The van der Waals surface area contributed by atoms with Crippen LogP contribution in [0.25, 0.3) is 0 Å². The van der Waals surface area contributed by atoms with Crippen LogP contribution in [0.2, 0.25) is 0 Å². The minimum Gasteiger partial charge on any atom is -0.317 e. The molecule has 70 valence electrons. The maximum absolute atomic E-state index is 3.33. The van der Waals surface area contributed by atoms with E-state index in [2.05, 4.69) is 39.2 Å². The number of hydrogen-bond acceptors (Lipinski definition) is 1. The SMILES string of the molecule is CNC1CC=C(C(C)(C)C)CC1. The van der Waals surface area contributed by atoms with Gasteiger partial charge in [-0.15, -0.1) is 0 Å². The average Bonchev–Trinajstić information content (AvgIpc) is 2.03. The van der Waals surface area contributed by atoms with Crippen LogP contribution in [0.4, 0.5) is 0 Å². The first-order valence-corrected chi connectivity index (χ1v) is 4.91. The molecule has 1 unspecified atom stereocenters. The fraction of sp³-hybridized carbons (Fsp3) is 0.818. The largest absolute Gasteiger partial charge is 0.317 e. The Bertz CT molecular complexity index is 174. The second-order valence-corrected chi connectivity index (χ2v) is 4.74. The van der Waals surface area contributed by atoms with Gasteiger partial charge in [0, 0.05) is 6.04 Å². The van der Waals surface area contributed by atoms with Crippen molar-refractivity contribution in [3.63, 3.8) is 0 Å². The minimum absolute atomic E-state index is 0.388. The van der Waals surface area contributed by atoms with Crippen LogP contribution in [0.15, 0.2) is 11.6 Å². The summed E-state index contributed by atoms with van der Waals surface area (Å²) in [5, 5.41) is 3.33. The Balaban J connectivity index is 2.56. The monoisotopic (exact) mass is 167 g/mol. The highest BCUT2D eigenvalue weighted by atomic mass is 14.9. The quantitative estimate of drug-likeness (QED) is 0.592. The lowest BCUT2D eigenvalue weighted by Crippen LogP contribution is -2.28. The van der Waals surface area contributed by atoms with E-state index in [0.717, 1.165) is 6.04 Å². The Hall–Kier alpha value is -0.300. The van der Waals surface area contributed by atoms with E-state index in [1.165, 1.54) is 19.3 Å². The van der Waals surface area contributed by atoms with Gasteiger partial charge in [-0.2, -0.15) is 0 Å². The van der Waals surface area contributed by atoms with Crippen molar-refractivity contribution in [2.45, 2.75) is 46.1 Å². The van der Waals surface area contributed by atoms with Crippen molar-refractivity contribution in [1.82, 2.24) is 5.32 Å². The van der Waals surface area contributed by atoms with E-state index in [0.29, 0.717) is 5.41 Å². The van der Waals surface area contributed by atoms with Crippen LogP contribution in [0.5, 0.6) is 0 Å². The molecular formula is C11H21N. The third kappa shape index (κ3) is 2.34. The van der Waals surface area contributed by atoms with Gasteiger partial charge in [-0.25, -0.2) is 0 Å². The first-order chi connectivity index (χ1) is 5.54. The van der Waals surface area contributed by atoms with Gasteiger partial charge < -0.3 is 5.32 Å². The van der Waals surface area contributed by atoms with Crippen LogP contribution in [-0.4, -0.2) is 13.1 Å². The molecule has 0 aliphatic heterocycles. The molecular weight excluding hydrogens is 146 g/mol. The molecule has 0 spiro atoms. The predicted octanol–water partition coefficient (Wildman–Crippen LogP) is 2.73. The highest BCUT2D eigenvalue weighted by molar-refractivity contribution is 5.14. The van der Waals surface area contributed by atoms with Crippen LogP contribution in [0.3, 0.4) is 0 Å². The molecule has 1 N–H and O–H groups in total. The van der Waals surface area contributed by atoms with Crippen LogP contribution in [-0.2, 0) is 0 Å². The molecule has 0 saturated carbocycles. The lowest BCUT2D eigenvalue weighted by Gasteiger charge is -2.29. The highest BCUT2D eigenvalue weighted by Crippen LogP contribution is 2.32. The zero-order valence-electron chi connectivity index (χ0n) is 8.78. The topological polar surface area (TPSA) is 12.0 Å². The molecule has 0 aromatic carbocycles.